The van der Waals surface area contributed by atoms with Gasteiger partial charge in [-0.2, -0.15) is 0 Å². The van der Waals surface area contributed by atoms with Crippen molar-refractivity contribution in [1.29, 1.82) is 0 Å². The van der Waals surface area contributed by atoms with Crippen LogP contribution in [0.15, 0.2) is 18.2 Å². The lowest BCUT2D eigenvalue weighted by Crippen LogP contribution is -2.04. The molecule has 0 aliphatic heterocycles. The lowest BCUT2D eigenvalue weighted by Gasteiger charge is -2.11. The van der Waals surface area contributed by atoms with Gasteiger partial charge in [0.05, 0.1) is 18.0 Å². The van der Waals surface area contributed by atoms with E-state index in [0.29, 0.717) is 22.6 Å². The average Bonchev–Trinajstić information content (AvgIpc) is 2.27. The standard InChI is InChI=1S/C12H15BrO2/c1-8(2)9-4-5-12(15-3)10(6-9)11(14)7-13/h4-6,8H,7H2,1-3H3. The van der Waals surface area contributed by atoms with Gasteiger partial charge in [0.2, 0.25) is 0 Å². The molecule has 0 aromatic heterocycles. The lowest BCUT2D eigenvalue weighted by atomic mass is 9.99. The largest absolute Gasteiger partial charge is 0.496 e. The van der Waals surface area contributed by atoms with E-state index in [-0.39, 0.29) is 5.78 Å². The Morgan fingerprint density at radius 3 is 2.60 bits per heavy atom. The highest BCUT2D eigenvalue weighted by Crippen LogP contribution is 2.24. The van der Waals surface area contributed by atoms with Crippen LogP contribution in [0, 0.1) is 0 Å². The minimum absolute atomic E-state index is 0.0503. The Labute approximate surface area is 98.8 Å². The molecule has 1 rings (SSSR count). The molecule has 0 atom stereocenters. The van der Waals surface area contributed by atoms with Crippen molar-refractivity contribution in [3.8, 4) is 5.75 Å². The van der Waals surface area contributed by atoms with E-state index in [2.05, 4.69) is 29.8 Å². The van der Waals surface area contributed by atoms with Gasteiger partial charge in [-0.1, -0.05) is 35.8 Å². The second-order valence-electron chi connectivity index (χ2n) is 3.67. The van der Waals surface area contributed by atoms with E-state index in [1.54, 1.807) is 7.11 Å². The Morgan fingerprint density at radius 2 is 2.13 bits per heavy atom. The van der Waals surface area contributed by atoms with E-state index in [9.17, 15) is 4.79 Å². The summed E-state index contributed by atoms with van der Waals surface area (Å²) in [6.07, 6.45) is 0. The zero-order valence-corrected chi connectivity index (χ0v) is 10.8. The fourth-order valence-corrected chi connectivity index (χ4v) is 1.68. The third kappa shape index (κ3) is 2.81. The van der Waals surface area contributed by atoms with Gasteiger partial charge < -0.3 is 4.74 Å². The summed E-state index contributed by atoms with van der Waals surface area (Å²) in [4.78, 5) is 11.6. The van der Waals surface area contributed by atoms with Gasteiger partial charge in [0.1, 0.15) is 5.75 Å². The Kier molecular flexibility index (Phi) is 4.33. The van der Waals surface area contributed by atoms with Crippen LogP contribution < -0.4 is 4.74 Å². The Morgan fingerprint density at radius 1 is 1.47 bits per heavy atom. The van der Waals surface area contributed by atoms with E-state index in [1.807, 2.05) is 18.2 Å². The van der Waals surface area contributed by atoms with Crippen molar-refractivity contribution in [1.82, 2.24) is 0 Å². The minimum Gasteiger partial charge on any atom is -0.496 e. The fourth-order valence-electron chi connectivity index (χ4n) is 1.37. The van der Waals surface area contributed by atoms with Gasteiger partial charge in [-0.25, -0.2) is 0 Å². The smallest absolute Gasteiger partial charge is 0.177 e. The van der Waals surface area contributed by atoms with E-state index >= 15 is 0 Å². The maximum Gasteiger partial charge on any atom is 0.177 e. The highest BCUT2D eigenvalue weighted by atomic mass is 79.9. The minimum atomic E-state index is 0.0503. The number of hydrogen-bond donors (Lipinski definition) is 0. The molecule has 0 spiro atoms. The predicted molar refractivity (Wildman–Crippen MR) is 65.2 cm³/mol. The molecule has 82 valence electrons. The van der Waals surface area contributed by atoms with Gasteiger partial charge in [-0.15, -0.1) is 0 Å². The number of ether oxygens (including phenoxy) is 1. The van der Waals surface area contributed by atoms with Crippen LogP contribution in [0.1, 0.15) is 35.7 Å². The zero-order chi connectivity index (χ0) is 11.4. The molecule has 0 bridgehead atoms. The van der Waals surface area contributed by atoms with Gasteiger partial charge in [-0.3, -0.25) is 4.79 Å². The first-order valence-corrected chi connectivity index (χ1v) is 5.99. The number of benzene rings is 1. The summed E-state index contributed by atoms with van der Waals surface area (Å²) in [5.74, 6) is 1.11. The van der Waals surface area contributed by atoms with Crippen LogP contribution in [-0.2, 0) is 0 Å². The van der Waals surface area contributed by atoms with Crippen LogP contribution in [-0.4, -0.2) is 18.2 Å². The zero-order valence-electron chi connectivity index (χ0n) is 9.21. The number of carbonyl (C=O) groups excluding carboxylic acids is 1. The molecule has 0 aliphatic rings. The van der Waals surface area contributed by atoms with Gasteiger partial charge in [0, 0.05) is 0 Å². The molecular weight excluding hydrogens is 256 g/mol. The first-order valence-electron chi connectivity index (χ1n) is 4.87. The Hall–Kier alpha value is -0.830. The van der Waals surface area contributed by atoms with Crippen molar-refractivity contribution >= 4 is 21.7 Å². The summed E-state index contributed by atoms with van der Waals surface area (Å²) in [5, 5.41) is 0.324. The molecule has 0 amide bonds. The lowest BCUT2D eigenvalue weighted by molar-refractivity contribution is 0.102. The van der Waals surface area contributed by atoms with Crippen molar-refractivity contribution in [2.24, 2.45) is 0 Å². The molecule has 2 nitrogen and oxygen atoms in total. The van der Waals surface area contributed by atoms with Crippen molar-refractivity contribution in [2.45, 2.75) is 19.8 Å². The van der Waals surface area contributed by atoms with Crippen LogP contribution in [0.2, 0.25) is 0 Å². The SMILES string of the molecule is COc1ccc(C(C)C)cc1C(=O)CBr. The van der Waals surface area contributed by atoms with Gasteiger partial charge in [0.25, 0.3) is 0 Å². The molecule has 0 heterocycles. The van der Waals surface area contributed by atoms with E-state index in [0.717, 1.165) is 5.56 Å². The molecule has 0 aliphatic carbocycles. The number of hydrogen-bond acceptors (Lipinski definition) is 2. The summed E-state index contributed by atoms with van der Waals surface area (Å²) < 4.78 is 5.16. The molecule has 15 heavy (non-hydrogen) atoms. The number of carbonyl (C=O) groups is 1. The van der Waals surface area contributed by atoms with Gasteiger partial charge in [-0.05, 0) is 23.6 Å². The highest BCUT2D eigenvalue weighted by molar-refractivity contribution is 9.09. The number of alkyl halides is 1. The maximum atomic E-state index is 11.6. The average molecular weight is 271 g/mol. The molecule has 0 saturated heterocycles. The Bertz CT molecular complexity index is 359. The first-order chi connectivity index (χ1) is 7.10. The summed E-state index contributed by atoms with van der Waals surface area (Å²) in [6, 6.07) is 5.76. The molecule has 1 aromatic carbocycles. The number of Topliss-reactive ketones (excluding diaryl/α,β-unsaturated/α-hetero) is 1. The second kappa shape index (κ2) is 5.31. The topological polar surface area (TPSA) is 26.3 Å². The number of rotatable bonds is 4. The summed E-state index contributed by atoms with van der Waals surface area (Å²) in [6.45, 7) is 4.20. The van der Waals surface area contributed by atoms with Crippen molar-refractivity contribution in [2.75, 3.05) is 12.4 Å². The first kappa shape index (κ1) is 12.2. The number of halogens is 1. The third-order valence-electron chi connectivity index (χ3n) is 2.31. The molecule has 3 heteroatoms. The molecular formula is C12H15BrO2. The van der Waals surface area contributed by atoms with Crippen molar-refractivity contribution in [3.05, 3.63) is 29.3 Å². The van der Waals surface area contributed by atoms with E-state index in [4.69, 9.17) is 4.74 Å². The molecule has 0 fully saturated rings. The molecule has 0 saturated carbocycles. The normalized spacial score (nSPS) is 10.5. The summed E-state index contributed by atoms with van der Waals surface area (Å²) in [5.41, 5.74) is 1.81. The summed E-state index contributed by atoms with van der Waals surface area (Å²) in [7, 11) is 1.58. The predicted octanol–water partition coefficient (Wildman–Crippen LogP) is 3.40. The summed E-state index contributed by atoms with van der Waals surface area (Å²) >= 11 is 3.17. The molecule has 0 N–H and O–H groups in total. The van der Waals surface area contributed by atoms with Crippen molar-refractivity contribution in [3.63, 3.8) is 0 Å². The van der Waals surface area contributed by atoms with Crippen molar-refractivity contribution < 1.29 is 9.53 Å². The van der Waals surface area contributed by atoms with Crippen LogP contribution >= 0.6 is 15.9 Å². The van der Waals surface area contributed by atoms with Gasteiger partial charge >= 0.3 is 0 Å². The quantitative estimate of drug-likeness (QED) is 0.619. The van der Waals surface area contributed by atoms with Crippen LogP contribution in [0.3, 0.4) is 0 Å². The maximum absolute atomic E-state index is 11.6. The number of ketones is 1. The highest BCUT2D eigenvalue weighted by Gasteiger charge is 2.12. The second-order valence-corrected chi connectivity index (χ2v) is 4.23. The number of methoxy groups -OCH3 is 1. The molecule has 1 aromatic rings. The van der Waals surface area contributed by atoms with E-state index < -0.39 is 0 Å². The third-order valence-corrected chi connectivity index (χ3v) is 2.82. The van der Waals surface area contributed by atoms with Crippen LogP contribution in [0.25, 0.3) is 0 Å². The fraction of sp³-hybridized carbons (Fsp3) is 0.417. The monoisotopic (exact) mass is 270 g/mol. The Balaban J connectivity index is 3.19. The van der Waals surface area contributed by atoms with Crippen LogP contribution in [0.5, 0.6) is 5.75 Å². The van der Waals surface area contributed by atoms with E-state index in [1.165, 1.54) is 0 Å². The van der Waals surface area contributed by atoms with Crippen LogP contribution in [0.4, 0.5) is 0 Å². The molecule has 0 unspecified atom stereocenters. The van der Waals surface area contributed by atoms with Gasteiger partial charge in [0.15, 0.2) is 5.78 Å². The molecule has 0 radical (unpaired) electrons.